The number of aliphatic imine (C=N–C) groups is 1. The van der Waals surface area contributed by atoms with Crippen molar-refractivity contribution < 1.29 is 9.66 Å². The molecule has 0 aliphatic heterocycles. The zero-order valence-corrected chi connectivity index (χ0v) is 17.8. The second-order valence-electron chi connectivity index (χ2n) is 7.10. The molecule has 1 heterocycles. The number of H-pyrrole nitrogens is 1. The molecule has 0 atom stereocenters. The summed E-state index contributed by atoms with van der Waals surface area (Å²) in [6.07, 6.45) is 3.80. The first-order valence-electron chi connectivity index (χ1n) is 10.6. The lowest BCUT2D eigenvalue weighted by Crippen LogP contribution is -2.39. The molecular formula is C23H29N5O3. The van der Waals surface area contributed by atoms with Crippen LogP contribution in [0.2, 0.25) is 0 Å². The number of rotatable bonds is 11. The molecule has 0 spiro atoms. The molecule has 0 aliphatic rings. The van der Waals surface area contributed by atoms with Crippen molar-refractivity contribution in [3.05, 3.63) is 76.0 Å². The lowest BCUT2D eigenvalue weighted by Gasteiger charge is -2.13. The monoisotopic (exact) mass is 423 g/mol. The molecule has 2 aromatic carbocycles. The van der Waals surface area contributed by atoms with Crippen LogP contribution in [0.5, 0.6) is 0 Å². The molecule has 0 unspecified atom stereocenters. The van der Waals surface area contributed by atoms with Gasteiger partial charge in [0.1, 0.15) is 0 Å². The standard InChI is InChI=1S/C23H29N5O3/c1-2-31-15-5-13-24-23(27-16-18-8-10-20(11-9-18)28(29)30)25-14-12-19-17-26-22-7-4-3-6-21(19)22/h3-4,6-11,17,26H,2,5,12-16H2,1H3,(H2,24,25,27). The molecule has 0 saturated heterocycles. The molecule has 3 aromatic rings. The summed E-state index contributed by atoms with van der Waals surface area (Å²) in [5.74, 6) is 0.717. The van der Waals surface area contributed by atoms with E-state index in [2.05, 4.69) is 38.9 Å². The van der Waals surface area contributed by atoms with Crippen molar-refractivity contribution in [3.8, 4) is 0 Å². The van der Waals surface area contributed by atoms with Crippen LogP contribution in [-0.2, 0) is 17.7 Å². The van der Waals surface area contributed by atoms with Crippen LogP contribution in [0.4, 0.5) is 5.69 Å². The molecule has 164 valence electrons. The van der Waals surface area contributed by atoms with Crippen LogP contribution < -0.4 is 10.6 Å². The molecule has 0 radical (unpaired) electrons. The van der Waals surface area contributed by atoms with Gasteiger partial charge in [0.15, 0.2) is 5.96 Å². The molecule has 3 N–H and O–H groups in total. The van der Waals surface area contributed by atoms with Crippen LogP contribution in [0.1, 0.15) is 24.5 Å². The lowest BCUT2D eigenvalue weighted by atomic mass is 10.1. The zero-order chi connectivity index (χ0) is 21.9. The molecule has 0 fully saturated rings. The molecule has 3 rings (SSSR count). The Balaban J connectivity index is 1.58. The van der Waals surface area contributed by atoms with Crippen LogP contribution in [-0.4, -0.2) is 42.2 Å². The minimum atomic E-state index is -0.398. The fourth-order valence-electron chi connectivity index (χ4n) is 3.25. The van der Waals surface area contributed by atoms with Crippen molar-refractivity contribution in [2.75, 3.05) is 26.3 Å². The number of hydrogen-bond acceptors (Lipinski definition) is 4. The molecular weight excluding hydrogens is 394 g/mol. The largest absolute Gasteiger partial charge is 0.382 e. The number of nitrogens with zero attached hydrogens (tertiary/aromatic N) is 2. The number of nitro groups is 1. The minimum absolute atomic E-state index is 0.0823. The maximum absolute atomic E-state index is 10.8. The highest BCUT2D eigenvalue weighted by molar-refractivity contribution is 5.83. The van der Waals surface area contributed by atoms with E-state index in [-0.39, 0.29) is 5.69 Å². The minimum Gasteiger partial charge on any atom is -0.382 e. The van der Waals surface area contributed by atoms with Crippen LogP contribution in [0.3, 0.4) is 0 Å². The average molecular weight is 424 g/mol. The lowest BCUT2D eigenvalue weighted by molar-refractivity contribution is -0.384. The van der Waals surface area contributed by atoms with Gasteiger partial charge in [-0.2, -0.15) is 0 Å². The smallest absolute Gasteiger partial charge is 0.269 e. The number of benzene rings is 2. The van der Waals surface area contributed by atoms with Crippen LogP contribution in [0, 0.1) is 10.1 Å². The van der Waals surface area contributed by atoms with E-state index in [4.69, 9.17) is 4.74 Å². The zero-order valence-electron chi connectivity index (χ0n) is 17.8. The third kappa shape index (κ3) is 6.82. The van der Waals surface area contributed by atoms with Gasteiger partial charge in [0, 0.05) is 55.5 Å². The summed E-state index contributed by atoms with van der Waals surface area (Å²) < 4.78 is 5.39. The third-order valence-corrected chi connectivity index (χ3v) is 4.89. The topological polar surface area (TPSA) is 105 Å². The number of guanidine groups is 1. The van der Waals surface area contributed by atoms with Crippen molar-refractivity contribution in [2.45, 2.75) is 26.3 Å². The van der Waals surface area contributed by atoms with E-state index in [0.29, 0.717) is 19.8 Å². The van der Waals surface area contributed by atoms with E-state index in [1.807, 2.05) is 19.1 Å². The summed E-state index contributed by atoms with van der Waals surface area (Å²) in [6.45, 7) is 5.32. The van der Waals surface area contributed by atoms with Gasteiger partial charge in [-0.3, -0.25) is 10.1 Å². The summed E-state index contributed by atoms with van der Waals surface area (Å²) in [4.78, 5) is 18.4. The van der Waals surface area contributed by atoms with Gasteiger partial charge in [-0.25, -0.2) is 4.99 Å². The summed E-state index contributed by atoms with van der Waals surface area (Å²) in [5.41, 5.74) is 3.39. The number of para-hydroxylation sites is 1. The van der Waals surface area contributed by atoms with Crippen molar-refractivity contribution in [3.63, 3.8) is 0 Å². The number of aromatic nitrogens is 1. The Morgan fingerprint density at radius 1 is 1.13 bits per heavy atom. The van der Waals surface area contributed by atoms with Gasteiger partial charge in [0.05, 0.1) is 11.5 Å². The molecule has 1 aromatic heterocycles. The van der Waals surface area contributed by atoms with Gasteiger partial charge in [0.25, 0.3) is 5.69 Å². The summed E-state index contributed by atoms with van der Waals surface area (Å²) in [7, 11) is 0. The molecule has 0 amide bonds. The van der Waals surface area contributed by atoms with Gasteiger partial charge in [-0.15, -0.1) is 0 Å². The maximum atomic E-state index is 10.8. The molecule has 8 nitrogen and oxygen atoms in total. The maximum Gasteiger partial charge on any atom is 0.269 e. The number of ether oxygens (including phenoxy) is 1. The number of fused-ring (bicyclic) bond motifs is 1. The SMILES string of the molecule is CCOCCCNC(=NCc1ccc([N+](=O)[O-])cc1)NCCc1c[nH]c2ccccc12. The average Bonchev–Trinajstić information content (AvgIpc) is 3.20. The molecule has 0 bridgehead atoms. The Hall–Kier alpha value is -3.39. The highest BCUT2D eigenvalue weighted by atomic mass is 16.6. The van der Waals surface area contributed by atoms with E-state index in [0.717, 1.165) is 43.0 Å². The third-order valence-electron chi connectivity index (χ3n) is 4.89. The second kappa shape index (κ2) is 11.7. The summed E-state index contributed by atoms with van der Waals surface area (Å²) in [5, 5.41) is 18.8. The Bertz CT molecular complexity index is 998. The Labute approximate surface area is 181 Å². The van der Waals surface area contributed by atoms with Gasteiger partial charge >= 0.3 is 0 Å². The van der Waals surface area contributed by atoms with Gasteiger partial charge < -0.3 is 20.4 Å². The predicted molar refractivity (Wildman–Crippen MR) is 123 cm³/mol. The fraction of sp³-hybridized carbons (Fsp3) is 0.348. The number of nitro benzene ring substituents is 1. The molecule has 8 heteroatoms. The number of nitrogens with one attached hydrogen (secondary N) is 3. The van der Waals surface area contributed by atoms with Crippen molar-refractivity contribution in [1.29, 1.82) is 0 Å². The highest BCUT2D eigenvalue weighted by Gasteiger charge is 2.06. The summed E-state index contributed by atoms with van der Waals surface area (Å²) in [6, 6.07) is 14.7. The van der Waals surface area contributed by atoms with Gasteiger partial charge in [-0.05, 0) is 37.0 Å². The van der Waals surface area contributed by atoms with Crippen molar-refractivity contribution in [1.82, 2.24) is 15.6 Å². The predicted octanol–water partition coefficient (Wildman–Crippen LogP) is 3.78. The van der Waals surface area contributed by atoms with Crippen LogP contribution in [0.15, 0.2) is 59.7 Å². The fourth-order valence-corrected chi connectivity index (χ4v) is 3.25. The quantitative estimate of drug-likeness (QED) is 0.143. The second-order valence-corrected chi connectivity index (χ2v) is 7.10. The van der Waals surface area contributed by atoms with Crippen molar-refractivity contribution in [2.24, 2.45) is 4.99 Å². The normalized spacial score (nSPS) is 11.6. The van der Waals surface area contributed by atoms with E-state index < -0.39 is 4.92 Å². The van der Waals surface area contributed by atoms with Gasteiger partial charge in [0.2, 0.25) is 0 Å². The van der Waals surface area contributed by atoms with E-state index in [9.17, 15) is 10.1 Å². The first-order chi connectivity index (χ1) is 15.2. The Kier molecular flexibility index (Phi) is 8.42. The van der Waals surface area contributed by atoms with Crippen LogP contribution >= 0.6 is 0 Å². The van der Waals surface area contributed by atoms with Crippen LogP contribution in [0.25, 0.3) is 10.9 Å². The highest BCUT2D eigenvalue weighted by Crippen LogP contribution is 2.17. The first kappa shape index (κ1) is 22.3. The Morgan fingerprint density at radius 2 is 1.90 bits per heavy atom. The van der Waals surface area contributed by atoms with E-state index in [1.165, 1.54) is 23.1 Å². The van der Waals surface area contributed by atoms with E-state index >= 15 is 0 Å². The van der Waals surface area contributed by atoms with Gasteiger partial charge in [-0.1, -0.05) is 30.3 Å². The molecule has 0 saturated carbocycles. The number of aromatic amines is 1. The molecule has 31 heavy (non-hydrogen) atoms. The Morgan fingerprint density at radius 3 is 2.68 bits per heavy atom. The summed E-state index contributed by atoms with van der Waals surface area (Å²) >= 11 is 0. The molecule has 0 aliphatic carbocycles. The van der Waals surface area contributed by atoms with E-state index in [1.54, 1.807) is 12.1 Å². The van der Waals surface area contributed by atoms with Crippen molar-refractivity contribution >= 4 is 22.5 Å². The first-order valence-corrected chi connectivity index (χ1v) is 10.6. The number of non-ortho nitro benzene ring substituents is 1. The number of hydrogen-bond donors (Lipinski definition) is 3.